The van der Waals surface area contributed by atoms with E-state index in [4.69, 9.17) is 0 Å². The fourth-order valence-corrected chi connectivity index (χ4v) is 2.64. The van der Waals surface area contributed by atoms with Crippen molar-refractivity contribution in [3.05, 3.63) is 60.8 Å². The molecule has 0 radical (unpaired) electrons. The van der Waals surface area contributed by atoms with Crippen LogP contribution in [0.2, 0.25) is 0 Å². The lowest BCUT2D eigenvalue weighted by atomic mass is 10.0. The molecule has 1 aromatic carbocycles. The van der Waals surface area contributed by atoms with Crippen LogP contribution in [0.5, 0.6) is 0 Å². The molecule has 1 aromatic heterocycles. The molecule has 2 heterocycles. The van der Waals surface area contributed by atoms with E-state index in [-0.39, 0.29) is 11.9 Å². The Labute approximate surface area is 135 Å². The molecule has 1 unspecified atom stereocenters. The van der Waals surface area contributed by atoms with Gasteiger partial charge in [0.25, 0.3) is 0 Å². The van der Waals surface area contributed by atoms with Gasteiger partial charge in [-0.15, -0.1) is 6.58 Å². The number of carbonyl (C=O) groups excluding carboxylic acids is 1. The zero-order chi connectivity index (χ0) is 16.1. The monoisotopic (exact) mass is 309 g/mol. The Kier molecular flexibility index (Phi) is 4.52. The molecule has 0 saturated carbocycles. The third-order valence-corrected chi connectivity index (χ3v) is 3.67. The summed E-state index contributed by atoms with van der Waals surface area (Å²) in [4.78, 5) is 23.1. The summed E-state index contributed by atoms with van der Waals surface area (Å²) in [6.07, 6.45) is 3.44. The van der Waals surface area contributed by atoms with Crippen LogP contribution in [0.1, 0.15) is 11.6 Å². The van der Waals surface area contributed by atoms with Gasteiger partial charge in [0.05, 0.1) is 0 Å². The first-order chi connectivity index (χ1) is 11.3. The molecule has 23 heavy (non-hydrogen) atoms. The molecule has 1 fully saturated rings. The largest absolute Gasteiger partial charge is 0.352 e. The van der Waals surface area contributed by atoms with Gasteiger partial charge in [-0.2, -0.15) is 4.98 Å². The van der Waals surface area contributed by atoms with Gasteiger partial charge in [0, 0.05) is 25.8 Å². The highest BCUT2D eigenvalue weighted by Crippen LogP contribution is 2.28. The molecule has 3 rings (SSSR count). The first-order valence-corrected chi connectivity index (χ1v) is 7.56. The fraction of sp³-hybridized carbons (Fsp3) is 0.235. The average molecular weight is 309 g/mol. The quantitative estimate of drug-likeness (QED) is 0.824. The van der Waals surface area contributed by atoms with Gasteiger partial charge in [-0.05, 0) is 11.6 Å². The fourth-order valence-electron chi connectivity index (χ4n) is 2.64. The number of piperazine rings is 1. The van der Waals surface area contributed by atoms with Crippen LogP contribution >= 0.6 is 0 Å². The number of rotatable bonds is 5. The smallest absolute Gasteiger partial charge is 0.247 e. The maximum Gasteiger partial charge on any atom is 0.247 e. The highest BCUT2D eigenvalue weighted by Gasteiger charge is 2.32. The van der Waals surface area contributed by atoms with Crippen molar-refractivity contribution in [1.29, 1.82) is 0 Å². The molecule has 0 spiro atoms. The van der Waals surface area contributed by atoms with Gasteiger partial charge in [-0.3, -0.25) is 4.79 Å². The lowest BCUT2D eigenvalue weighted by Gasteiger charge is -2.36. The Balaban J connectivity index is 1.92. The number of nitrogens with zero attached hydrogens (tertiary/aromatic N) is 3. The Morgan fingerprint density at radius 1 is 1.35 bits per heavy atom. The predicted molar refractivity (Wildman–Crippen MR) is 90.3 cm³/mol. The van der Waals surface area contributed by atoms with Gasteiger partial charge >= 0.3 is 0 Å². The minimum atomic E-state index is -0.382. The van der Waals surface area contributed by atoms with Crippen molar-refractivity contribution in [3.63, 3.8) is 0 Å². The minimum Gasteiger partial charge on any atom is -0.352 e. The van der Waals surface area contributed by atoms with Crippen molar-refractivity contribution < 1.29 is 4.79 Å². The van der Waals surface area contributed by atoms with E-state index in [9.17, 15) is 4.79 Å². The Morgan fingerprint density at radius 3 is 2.96 bits per heavy atom. The summed E-state index contributed by atoms with van der Waals surface area (Å²) in [6.45, 7) is 5.55. The summed E-state index contributed by atoms with van der Waals surface area (Å²) < 4.78 is 0. The number of aromatic nitrogens is 2. The van der Waals surface area contributed by atoms with Crippen molar-refractivity contribution in [2.24, 2.45) is 0 Å². The van der Waals surface area contributed by atoms with E-state index in [2.05, 4.69) is 27.2 Å². The number of carbonyl (C=O) groups is 1. The van der Waals surface area contributed by atoms with Crippen molar-refractivity contribution in [3.8, 4) is 0 Å². The number of nitrogens with one attached hydrogen (secondary N) is 2. The molecular formula is C17H19N5O. The summed E-state index contributed by atoms with van der Waals surface area (Å²) in [5.74, 6) is 1.25. The maximum atomic E-state index is 12.4. The lowest BCUT2D eigenvalue weighted by Crippen LogP contribution is -2.50. The molecule has 1 atom stereocenters. The minimum absolute atomic E-state index is 0.0123. The van der Waals surface area contributed by atoms with Gasteiger partial charge in [-0.1, -0.05) is 36.4 Å². The van der Waals surface area contributed by atoms with E-state index < -0.39 is 0 Å². The van der Waals surface area contributed by atoms with Gasteiger partial charge < -0.3 is 15.5 Å². The predicted octanol–water partition coefficient (Wildman–Crippen LogP) is 1.75. The maximum absolute atomic E-state index is 12.4. The van der Waals surface area contributed by atoms with Crippen LogP contribution in [-0.4, -0.2) is 35.5 Å². The van der Waals surface area contributed by atoms with Crippen LogP contribution in [0, 0.1) is 0 Å². The third kappa shape index (κ3) is 3.31. The average Bonchev–Trinajstić information content (AvgIpc) is 2.61. The van der Waals surface area contributed by atoms with Crippen LogP contribution in [0.3, 0.4) is 0 Å². The molecule has 2 aromatic rings. The SMILES string of the molecule is C=CCNc1nccc(N2CCNC(=O)C2c2ccccc2)n1. The normalized spacial score (nSPS) is 17.5. The van der Waals surface area contributed by atoms with Crippen LogP contribution < -0.4 is 15.5 Å². The molecule has 1 saturated heterocycles. The first-order valence-electron chi connectivity index (χ1n) is 7.56. The lowest BCUT2D eigenvalue weighted by molar-refractivity contribution is -0.123. The van der Waals surface area contributed by atoms with Gasteiger partial charge in [-0.25, -0.2) is 4.98 Å². The Hall–Kier alpha value is -2.89. The van der Waals surface area contributed by atoms with E-state index in [1.807, 2.05) is 41.3 Å². The Bertz CT molecular complexity index is 688. The molecule has 2 N–H and O–H groups in total. The Morgan fingerprint density at radius 2 is 2.17 bits per heavy atom. The standard InChI is InChI=1S/C17H19N5O/c1-2-9-19-17-20-10-8-14(21-17)22-12-11-18-16(23)15(22)13-6-4-3-5-7-13/h2-8,10,15H,1,9,11-12H2,(H,18,23)(H,19,20,21). The highest BCUT2D eigenvalue weighted by molar-refractivity contribution is 5.87. The third-order valence-electron chi connectivity index (χ3n) is 3.67. The number of anilines is 2. The molecule has 0 aliphatic carbocycles. The van der Waals surface area contributed by atoms with Crippen LogP contribution in [-0.2, 0) is 4.79 Å². The van der Waals surface area contributed by atoms with E-state index in [0.717, 1.165) is 11.4 Å². The molecule has 1 aliphatic heterocycles. The van der Waals surface area contributed by atoms with E-state index in [1.54, 1.807) is 12.3 Å². The van der Waals surface area contributed by atoms with E-state index in [1.165, 1.54) is 0 Å². The summed E-state index contributed by atoms with van der Waals surface area (Å²) in [7, 11) is 0. The zero-order valence-corrected chi connectivity index (χ0v) is 12.8. The second-order valence-corrected chi connectivity index (χ2v) is 5.21. The zero-order valence-electron chi connectivity index (χ0n) is 12.8. The van der Waals surface area contributed by atoms with Gasteiger partial charge in [0.1, 0.15) is 11.9 Å². The molecule has 6 nitrogen and oxygen atoms in total. The summed E-state index contributed by atoms with van der Waals surface area (Å²) >= 11 is 0. The summed E-state index contributed by atoms with van der Waals surface area (Å²) in [5.41, 5.74) is 0.948. The summed E-state index contributed by atoms with van der Waals surface area (Å²) in [5, 5.41) is 6.00. The van der Waals surface area contributed by atoms with Gasteiger partial charge in [0.2, 0.25) is 11.9 Å². The van der Waals surface area contributed by atoms with Crippen molar-refractivity contribution in [2.75, 3.05) is 29.9 Å². The molecule has 6 heteroatoms. The highest BCUT2D eigenvalue weighted by atomic mass is 16.2. The molecule has 1 aliphatic rings. The number of hydrogen-bond donors (Lipinski definition) is 2. The van der Waals surface area contributed by atoms with E-state index in [0.29, 0.717) is 25.6 Å². The van der Waals surface area contributed by atoms with Gasteiger partial charge in [0.15, 0.2) is 0 Å². The number of hydrogen-bond acceptors (Lipinski definition) is 5. The first kappa shape index (κ1) is 15.0. The van der Waals surface area contributed by atoms with Crippen LogP contribution in [0.4, 0.5) is 11.8 Å². The van der Waals surface area contributed by atoms with Crippen molar-refractivity contribution in [2.45, 2.75) is 6.04 Å². The molecule has 118 valence electrons. The topological polar surface area (TPSA) is 70.2 Å². The molecule has 0 bridgehead atoms. The van der Waals surface area contributed by atoms with Crippen LogP contribution in [0.25, 0.3) is 0 Å². The van der Waals surface area contributed by atoms with E-state index >= 15 is 0 Å². The summed E-state index contributed by atoms with van der Waals surface area (Å²) in [6, 6.07) is 11.2. The van der Waals surface area contributed by atoms with Crippen molar-refractivity contribution in [1.82, 2.24) is 15.3 Å². The number of amides is 1. The second-order valence-electron chi connectivity index (χ2n) is 5.21. The molecule has 1 amide bonds. The number of benzene rings is 1. The molecular weight excluding hydrogens is 290 g/mol. The second kappa shape index (κ2) is 6.91. The van der Waals surface area contributed by atoms with Crippen molar-refractivity contribution >= 4 is 17.7 Å². The van der Waals surface area contributed by atoms with Crippen LogP contribution in [0.15, 0.2) is 55.3 Å².